The zero-order valence-electron chi connectivity index (χ0n) is 9.43. The monoisotopic (exact) mass is 246 g/mol. The van der Waals surface area contributed by atoms with Crippen molar-refractivity contribution < 1.29 is 14.3 Å². The molecule has 0 fully saturated rings. The summed E-state index contributed by atoms with van der Waals surface area (Å²) in [5.41, 5.74) is 1.06. The van der Waals surface area contributed by atoms with Crippen LogP contribution in [0.25, 0.3) is 0 Å². The lowest BCUT2D eigenvalue weighted by atomic mass is 10.2. The average molecular weight is 246 g/mol. The SMILES string of the molecule is O=C(O)c1cc(NCc2ccccc2F)ccn1. The number of hydrogen-bond acceptors (Lipinski definition) is 3. The predicted molar refractivity (Wildman–Crippen MR) is 64.9 cm³/mol. The molecule has 2 aromatic rings. The lowest BCUT2D eigenvalue weighted by Crippen LogP contribution is -2.04. The summed E-state index contributed by atoms with van der Waals surface area (Å²) in [5, 5.41) is 11.7. The van der Waals surface area contributed by atoms with E-state index in [1.165, 1.54) is 18.3 Å². The number of carboxylic acids is 1. The third-order valence-electron chi connectivity index (χ3n) is 2.42. The first-order valence-electron chi connectivity index (χ1n) is 5.33. The molecular weight excluding hydrogens is 235 g/mol. The standard InChI is InChI=1S/C13H11FN2O2/c14-11-4-2-1-3-9(11)8-16-10-5-6-15-12(7-10)13(17)18/h1-7H,8H2,(H,15,16)(H,17,18). The van der Waals surface area contributed by atoms with E-state index in [9.17, 15) is 9.18 Å². The van der Waals surface area contributed by atoms with Gasteiger partial charge < -0.3 is 10.4 Å². The first kappa shape index (κ1) is 12.0. The molecule has 0 bridgehead atoms. The van der Waals surface area contributed by atoms with E-state index in [0.29, 0.717) is 11.3 Å². The molecule has 0 aliphatic carbocycles. The van der Waals surface area contributed by atoms with Crippen LogP contribution in [-0.2, 0) is 6.54 Å². The van der Waals surface area contributed by atoms with Gasteiger partial charge in [0.25, 0.3) is 0 Å². The van der Waals surface area contributed by atoms with Crippen molar-refractivity contribution in [3.05, 3.63) is 59.7 Å². The van der Waals surface area contributed by atoms with E-state index in [1.807, 2.05) is 0 Å². The highest BCUT2D eigenvalue weighted by atomic mass is 19.1. The Morgan fingerprint density at radius 3 is 2.83 bits per heavy atom. The van der Waals surface area contributed by atoms with Gasteiger partial charge in [-0.2, -0.15) is 0 Å². The number of benzene rings is 1. The molecule has 5 heteroatoms. The van der Waals surface area contributed by atoms with Crippen molar-refractivity contribution in [2.75, 3.05) is 5.32 Å². The Hall–Kier alpha value is -2.43. The molecule has 4 nitrogen and oxygen atoms in total. The minimum absolute atomic E-state index is 0.0477. The van der Waals surface area contributed by atoms with Gasteiger partial charge in [-0.25, -0.2) is 14.2 Å². The van der Waals surface area contributed by atoms with Crippen molar-refractivity contribution in [2.24, 2.45) is 0 Å². The number of pyridine rings is 1. The normalized spacial score (nSPS) is 10.1. The Morgan fingerprint density at radius 2 is 2.11 bits per heavy atom. The number of hydrogen-bond donors (Lipinski definition) is 2. The Morgan fingerprint density at radius 1 is 1.33 bits per heavy atom. The molecule has 92 valence electrons. The molecule has 18 heavy (non-hydrogen) atoms. The van der Waals surface area contributed by atoms with Crippen molar-refractivity contribution in [1.29, 1.82) is 0 Å². The van der Waals surface area contributed by atoms with Crippen LogP contribution in [0.15, 0.2) is 42.6 Å². The summed E-state index contributed by atoms with van der Waals surface area (Å²) in [6.07, 6.45) is 1.40. The molecule has 0 amide bonds. The first-order valence-corrected chi connectivity index (χ1v) is 5.33. The highest BCUT2D eigenvalue weighted by molar-refractivity contribution is 5.86. The van der Waals surface area contributed by atoms with Crippen molar-refractivity contribution in [2.45, 2.75) is 6.54 Å². The largest absolute Gasteiger partial charge is 0.477 e. The fourth-order valence-corrected chi connectivity index (χ4v) is 1.50. The number of anilines is 1. The predicted octanol–water partition coefficient (Wildman–Crippen LogP) is 2.53. The van der Waals surface area contributed by atoms with Crippen molar-refractivity contribution in [1.82, 2.24) is 4.98 Å². The number of halogens is 1. The van der Waals surface area contributed by atoms with Crippen LogP contribution < -0.4 is 5.32 Å². The van der Waals surface area contributed by atoms with E-state index in [2.05, 4.69) is 10.3 Å². The van der Waals surface area contributed by atoms with Crippen LogP contribution in [-0.4, -0.2) is 16.1 Å². The van der Waals surface area contributed by atoms with Crippen LogP contribution in [0.5, 0.6) is 0 Å². The van der Waals surface area contributed by atoms with E-state index < -0.39 is 5.97 Å². The second-order valence-electron chi connectivity index (χ2n) is 3.68. The number of carbonyl (C=O) groups is 1. The van der Waals surface area contributed by atoms with E-state index in [4.69, 9.17) is 5.11 Å². The molecule has 1 aromatic carbocycles. The van der Waals surface area contributed by atoms with Crippen LogP contribution in [0, 0.1) is 5.82 Å². The van der Waals surface area contributed by atoms with Gasteiger partial charge in [0.2, 0.25) is 0 Å². The number of carboxylic acid groups (broad SMARTS) is 1. The smallest absolute Gasteiger partial charge is 0.354 e. The highest BCUT2D eigenvalue weighted by Gasteiger charge is 2.05. The van der Waals surface area contributed by atoms with E-state index >= 15 is 0 Å². The van der Waals surface area contributed by atoms with Gasteiger partial charge in [-0.15, -0.1) is 0 Å². The lowest BCUT2D eigenvalue weighted by Gasteiger charge is -2.07. The molecule has 0 saturated heterocycles. The van der Waals surface area contributed by atoms with Gasteiger partial charge in [0.05, 0.1) is 0 Å². The molecule has 0 atom stereocenters. The fraction of sp³-hybridized carbons (Fsp3) is 0.0769. The molecule has 0 spiro atoms. The van der Waals surface area contributed by atoms with E-state index in [1.54, 1.807) is 24.3 Å². The first-order chi connectivity index (χ1) is 8.66. The van der Waals surface area contributed by atoms with Gasteiger partial charge >= 0.3 is 5.97 Å². The molecule has 0 aliphatic heterocycles. The molecule has 0 saturated carbocycles. The quantitative estimate of drug-likeness (QED) is 0.870. The minimum atomic E-state index is -1.09. The van der Waals surface area contributed by atoms with Crippen LogP contribution in [0.2, 0.25) is 0 Å². The zero-order chi connectivity index (χ0) is 13.0. The fourth-order valence-electron chi connectivity index (χ4n) is 1.50. The van der Waals surface area contributed by atoms with Crippen molar-refractivity contribution in [3.63, 3.8) is 0 Å². The number of rotatable bonds is 4. The van der Waals surface area contributed by atoms with Gasteiger partial charge in [-0.1, -0.05) is 18.2 Å². The summed E-state index contributed by atoms with van der Waals surface area (Å²) < 4.78 is 13.4. The summed E-state index contributed by atoms with van der Waals surface area (Å²) in [5.74, 6) is -1.39. The number of nitrogens with one attached hydrogen (secondary N) is 1. The number of aromatic nitrogens is 1. The lowest BCUT2D eigenvalue weighted by molar-refractivity contribution is 0.0690. The molecule has 1 heterocycles. The van der Waals surface area contributed by atoms with Gasteiger partial charge in [-0.3, -0.25) is 0 Å². The van der Waals surface area contributed by atoms with Gasteiger partial charge in [-0.05, 0) is 18.2 Å². The minimum Gasteiger partial charge on any atom is -0.477 e. The van der Waals surface area contributed by atoms with Crippen molar-refractivity contribution >= 4 is 11.7 Å². The number of aromatic carboxylic acids is 1. The molecule has 0 unspecified atom stereocenters. The Bertz CT molecular complexity index is 572. The summed E-state index contributed by atoms with van der Waals surface area (Å²) >= 11 is 0. The number of nitrogens with zero attached hydrogens (tertiary/aromatic N) is 1. The highest BCUT2D eigenvalue weighted by Crippen LogP contribution is 2.12. The third-order valence-corrected chi connectivity index (χ3v) is 2.42. The maximum Gasteiger partial charge on any atom is 0.354 e. The molecule has 0 aliphatic rings. The van der Waals surface area contributed by atoms with E-state index in [0.717, 1.165) is 0 Å². The Balaban J connectivity index is 2.09. The molecular formula is C13H11FN2O2. The zero-order valence-corrected chi connectivity index (χ0v) is 9.43. The van der Waals surface area contributed by atoms with Crippen molar-refractivity contribution in [3.8, 4) is 0 Å². The van der Waals surface area contributed by atoms with Gasteiger partial charge in [0.1, 0.15) is 11.5 Å². The molecule has 2 N–H and O–H groups in total. The molecule has 1 aromatic heterocycles. The Kier molecular flexibility index (Phi) is 3.52. The third kappa shape index (κ3) is 2.82. The maximum atomic E-state index is 13.4. The van der Waals surface area contributed by atoms with Crippen LogP contribution in [0.4, 0.5) is 10.1 Å². The van der Waals surface area contributed by atoms with Crippen LogP contribution in [0.3, 0.4) is 0 Å². The van der Waals surface area contributed by atoms with Crippen LogP contribution >= 0.6 is 0 Å². The van der Waals surface area contributed by atoms with E-state index in [-0.39, 0.29) is 18.1 Å². The summed E-state index contributed by atoms with van der Waals surface area (Å²) in [6.45, 7) is 0.287. The second kappa shape index (κ2) is 5.27. The summed E-state index contributed by atoms with van der Waals surface area (Å²) in [7, 11) is 0. The molecule has 0 radical (unpaired) electrons. The summed E-state index contributed by atoms with van der Waals surface area (Å²) in [4.78, 5) is 14.4. The maximum absolute atomic E-state index is 13.4. The van der Waals surface area contributed by atoms with Gasteiger partial charge in [0, 0.05) is 24.0 Å². The second-order valence-corrected chi connectivity index (χ2v) is 3.68. The van der Waals surface area contributed by atoms with Gasteiger partial charge in [0.15, 0.2) is 0 Å². The Labute approximate surface area is 103 Å². The molecule has 2 rings (SSSR count). The topological polar surface area (TPSA) is 62.2 Å². The average Bonchev–Trinajstić information content (AvgIpc) is 2.38. The summed E-state index contributed by atoms with van der Waals surface area (Å²) in [6, 6.07) is 9.45. The van der Waals surface area contributed by atoms with Crippen LogP contribution in [0.1, 0.15) is 16.1 Å².